The second-order valence-corrected chi connectivity index (χ2v) is 4.41. The predicted octanol–water partition coefficient (Wildman–Crippen LogP) is 3.80. The lowest BCUT2D eigenvalue weighted by Gasteiger charge is -2.05. The van der Waals surface area contributed by atoms with Crippen LogP contribution in [-0.4, -0.2) is 4.98 Å². The van der Waals surface area contributed by atoms with E-state index in [0.29, 0.717) is 5.92 Å². The van der Waals surface area contributed by atoms with Crippen LogP contribution in [0.25, 0.3) is 0 Å². The number of pyridine rings is 1. The Balaban J connectivity index is 2.11. The van der Waals surface area contributed by atoms with Crippen LogP contribution in [0, 0.1) is 0 Å². The van der Waals surface area contributed by atoms with E-state index in [2.05, 4.69) is 55.2 Å². The van der Waals surface area contributed by atoms with E-state index in [4.69, 9.17) is 0 Å². The lowest BCUT2D eigenvalue weighted by molar-refractivity contribution is 0.819. The van der Waals surface area contributed by atoms with Crippen LogP contribution in [0.15, 0.2) is 48.7 Å². The number of nitrogens with zero attached hydrogens (tertiary/aromatic N) is 1. The summed E-state index contributed by atoms with van der Waals surface area (Å²) < 4.78 is 0. The Morgan fingerprint density at radius 1 is 0.938 bits per heavy atom. The molecule has 0 amide bonds. The normalized spacial score (nSPS) is 10.7. The van der Waals surface area contributed by atoms with E-state index >= 15 is 0 Å². The Bertz CT molecular complexity index is 429. The van der Waals surface area contributed by atoms with Crippen molar-refractivity contribution in [2.75, 3.05) is 0 Å². The lowest BCUT2D eigenvalue weighted by Crippen LogP contribution is -1.94. The van der Waals surface area contributed by atoms with Gasteiger partial charge in [0, 0.05) is 11.9 Å². The minimum atomic E-state index is 0.505. The molecule has 16 heavy (non-hydrogen) atoms. The summed E-state index contributed by atoms with van der Waals surface area (Å²) in [5.74, 6) is 0.505. The van der Waals surface area contributed by atoms with Crippen molar-refractivity contribution >= 4 is 0 Å². The van der Waals surface area contributed by atoms with E-state index in [9.17, 15) is 0 Å². The Hall–Kier alpha value is -1.63. The highest BCUT2D eigenvalue weighted by atomic mass is 14.7. The van der Waals surface area contributed by atoms with Gasteiger partial charge in [-0.15, -0.1) is 0 Å². The van der Waals surface area contributed by atoms with Gasteiger partial charge in [-0.1, -0.05) is 50.2 Å². The van der Waals surface area contributed by atoms with Gasteiger partial charge < -0.3 is 0 Å². The first kappa shape index (κ1) is 10.9. The number of hydrogen-bond donors (Lipinski definition) is 0. The topological polar surface area (TPSA) is 12.9 Å². The van der Waals surface area contributed by atoms with Gasteiger partial charge in [-0.2, -0.15) is 0 Å². The van der Waals surface area contributed by atoms with Gasteiger partial charge in [0.25, 0.3) is 0 Å². The zero-order valence-corrected chi connectivity index (χ0v) is 9.85. The van der Waals surface area contributed by atoms with Crippen LogP contribution in [0.4, 0.5) is 0 Å². The molecule has 0 aliphatic carbocycles. The summed E-state index contributed by atoms with van der Waals surface area (Å²) >= 11 is 0. The first-order valence-corrected chi connectivity index (χ1v) is 5.74. The van der Waals surface area contributed by atoms with Gasteiger partial charge in [0.1, 0.15) is 0 Å². The highest BCUT2D eigenvalue weighted by Crippen LogP contribution is 2.13. The fourth-order valence-corrected chi connectivity index (χ4v) is 1.71. The molecular weight excluding hydrogens is 194 g/mol. The van der Waals surface area contributed by atoms with Crippen LogP contribution < -0.4 is 0 Å². The van der Waals surface area contributed by atoms with Gasteiger partial charge in [-0.25, -0.2) is 0 Å². The van der Waals surface area contributed by atoms with Crippen LogP contribution in [-0.2, 0) is 6.42 Å². The molecule has 2 aromatic rings. The molecule has 0 unspecified atom stereocenters. The van der Waals surface area contributed by atoms with E-state index in [0.717, 1.165) is 12.1 Å². The number of aromatic nitrogens is 1. The quantitative estimate of drug-likeness (QED) is 0.752. The summed E-state index contributed by atoms with van der Waals surface area (Å²) in [7, 11) is 0. The zero-order chi connectivity index (χ0) is 11.4. The molecule has 1 aromatic carbocycles. The standard InChI is InChI=1S/C15H17N/c1-12(2)15-9-8-14(11-16-15)10-13-6-4-3-5-7-13/h3-9,11-12H,10H2,1-2H3. The van der Waals surface area contributed by atoms with Crippen molar-refractivity contribution in [3.8, 4) is 0 Å². The molecule has 0 saturated carbocycles. The fourth-order valence-electron chi connectivity index (χ4n) is 1.71. The molecule has 1 heterocycles. The molecule has 1 aromatic heterocycles. The molecule has 0 bridgehead atoms. The monoisotopic (exact) mass is 211 g/mol. The average molecular weight is 211 g/mol. The van der Waals surface area contributed by atoms with E-state index in [-0.39, 0.29) is 0 Å². The van der Waals surface area contributed by atoms with Gasteiger partial charge >= 0.3 is 0 Å². The third-order valence-electron chi connectivity index (χ3n) is 2.69. The minimum absolute atomic E-state index is 0.505. The molecule has 82 valence electrons. The summed E-state index contributed by atoms with van der Waals surface area (Å²) in [6, 6.07) is 14.8. The van der Waals surface area contributed by atoms with Crippen molar-refractivity contribution in [2.45, 2.75) is 26.2 Å². The van der Waals surface area contributed by atoms with Crippen LogP contribution in [0.1, 0.15) is 36.6 Å². The Morgan fingerprint density at radius 2 is 1.69 bits per heavy atom. The highest BCUT2D eigenvalue weighted by molar-refractivity contribution is 5.25. The van der Waals surface area contributed by atoms with Crippen molar-refractivity contribution in [3.05, 3.63) is 65.5 Å². The van der Waals surface area contributed by atoms with E-state index < -0.39 is 0 Å². The van der Waals surface area contributed by atoms with Gasteiger partial charge in [0.05, 0.1) is 0 Å². The number of benzene rings is 1. The zero-order valence-electron chi connectivity index (χ0n) is 9.85. The SMILES string of the molecule is CC(C)c1ccc(Cc2ccccc2)cn1. The molecule has 0 saturated heterocycles. The summed E-state index contributed by atoms with van der Waals surface area (Å²) in [5.41, 5.74) is 3.77. The lowest BCUT2D eigenvalue weighted by atomic mass is 10.0. The van der Waals surface area contributed by atoms with Crippen molar-refractivity contribution in [1.82, 2.24) is 4.98 Å². The summed E-state index contributed by atoms with van der Waals surface area (Å²) in [4.78, 5) is 4.47. The van der Waals surface area contributed by atoms with Gasteiger partial charge in [0.15, 0.2) is 0 Å². The molecule has 0 atom stereocenters. The molecule has 0 spiro atoms. The third kappa shape index (κ3) is 2.69. The van der Waals surface area contributed by atoms with Crippen LogP contribution in [0.5, 0.6) is 0 Å². The van der Waals surface area contributed by atoms with Crippen molar-refractivity contribution in [1.29, 1.82) is 0 Å². The van der Waals surface area contributed by atoms with E-state index in [1.54, 1.807) is 0 Å². The van der Waals surface area contributed by atoms with E-state index in [1.165, 1.54) is 11.1 Å². The maximum Gasteiger partial charge on any atom is 0.0429 e. The maximum atomic E-state index is 4.47. The van der Waals surface area contributed by atoms with Crippen LogP contribution in [0.2, 0.25) is 0 Å². The van der Waals surface area contributed by atoms with E-state index in [1.807, 2.05) is 12.3 Å². The molecule has 1 heteroatoms. The average Bonchev–Trinajstić information content (AvgIpc) is 2.31. The predicted molar refractivity (Wildman–Crippen MR) is 67.6 cm³/mol. The molecule has 0 aliphatic rings. The van der Waals surface area contributed by atoms with Crippen molar-refractivity contribution in [3.63, 3.8) is 0 Å². The second kappa shape index (κ2) is 4.93. The number of hydrogen-bond acceptors (Lipinski definition) is 1. The van der Waals surface area contributed by atoms with Crippen molar-refractivity contribution in [2.24, 2.45) is 0 Å². The third-order valence-corrected chi connectivity index (χ3v) is 2.69. The summed E-state index contributed by atoms with van der Waals surface area (Å²) in [6.45, 7) is 4.33. The van der Waals surface area contributed by atoms with Gasteiger partial charge in [-0.05, 0) is 29.5 Å². The molecule has 0 radical (unpaired) electrons. The van der Waals surface area contributed by atoms with Crippen LogP contribution in [0.3, 0.4) is 0 Å². The first-order valence-electron chi connectivity index (χ1n) is 5.74. The fraction of sp³-hybridized carbons (Fsp3) is 0.267. The second-order valence-electron chi connectivity index (χ2n) is 4.41. The first-order chi connectivity index (χ1) is 7.75. The molecule has 0 N–H and O–H groups in total. The smallest absolute Gasteiger partial charge is 0.0429 e. The molecule has 2 rings (SSSR count). The Morgan fingerprint density at radius 3 is 2.25 bits per heavy atom. The summed E-state index contributed by atoms with van der Waals surface area (Å²) in [6.07, 6.45) is 2.95. The molecule has 0 aliphatic heterocycles. The molecular formula is C15H17N. The highest BCUT2D eigenvalue weighted by Gasteiger charge is 2.01. The van der Waals surface area contributed by atoms with Crippen molar-refractivity contribution < 1.29 is 0 Å². The Labute approximate surface area is 97.2 Å². The molecule has 0 fully saturated rings. The minimum Gasteiger partial charge on any atom is -0.261 e. The maximum absolute atomic E-state index is 4.47. The largest absolute Gasteiger partial charge is 0.261 e. The Kier molecular flexibility index (Phi) is 3.35. The summed E-state index contributed by atoms with van der Waals surface area (Å²) in [5, 5.41) is 0. The van der Waals surface area contributed by atoms with Gasteiger partial charge in [-0.3, -0.25) is 4.98 Å². The van der Waals surface area contributed by atoms with Crippen LogP contribution >= 0.6 is 0 Å². The van der Waals surface area contributed by atoms with Gasteiger partial charge in [0.2, 0.25) is 0 Å². The number of rotatable bonds is 3. The molecule has 1 nitrogen and oxygen atoms in total.